The van der Waals surface area contributed by atoms with Gasteiger partial charge in [0.05, 0.1) is 35.5 Å². The lowest BCUT2D eigenvalue weighted by atomic mass is 9.95. The van der Waals surface area contributed by atoms with Gasteiger partial charge in [0.2, 0.25) is 0 Å². The smallest absolute Gasteiger partial charge is 0.301 e. The molecule has 40 heavy (non-hydrogen) atoms. The number of ether oxygens (including phenoxy) is 3. The Kier molecular flexibility index (Phi) is 7.84. The molecule has 0 saturated carbocycles. The molecule has 0 aliphatic carbocycles. The minimum atomic E-state index is -0.910. The number of anilines is 1. The first-order chi connectivity index (χ1) is 19.4. The van der Waals surface area contributed by atoms with E-state index in [1.165, 1.54) is 16.2 Å². The van der Waals surface area contributed by atoms with Crippen LogP contribution in [-0.2, 0) is 9.59 Å². The number of aromatic nitrogens is 1. The van der Waals surface area contributed by atoms with Gasteiger partial charge < -0.3 is 19.3 Å². The first-order valence-electron chi connectivity index (χ1n) is 12.8. The highest BCUT2D eigenvalue weighted by Gasteiger charge is 2.48. The van der Waals surface area contributed by atoms with Crippen LogP contribution in [0.5, 0.6) is 17.2 Å². The largest absolute Gasteiger partial charge is 0.507 e. The van der Waals surface area contributed by atoms with Crippen molar-refractivity contribution in [2.24, 2.45) is 0 Å². The summed E-state index contributed by atoms with van der Waals surface area (Å²) in [7, 11) is 1.58. The van der Waals surface area contributed by atoms with Crippen LogP contribution < -0.4 is 19.1 Å². The zero-order chi connectivity index (χ0) is 28.2. The summed E-state index contributed by atoms with van der Waals surface area (Å²) in [6.07, 6.45) is 2.50. The lowest BCUT2D eigenvalue weighted by Gasteiger charge is -2.23. The number of thiazole rings is 1. The number of Topliss-reactive ketones (excluding diaryl/α,β-unsaturated/α-hetero) is 1. The van der Waals surface area contributed by atoms with Gasteiger partial charge in [-0.3, -0.25) is 14.5 Å². The Morgan fingerprint density at radius 2 is 1.70 bits per heavy atom. The second-order valence-corrected chi connectivity index (χ2v) is 10.0. The van der Waals surface area contributed by atoms with Gasteiger partial charge >= 0.3 is 5.91 Å². The molecular weight excluding hydrogens is 528 g/mol. The maximum absolute atomic E-state index is 13.5. The van der Waals surface area contributed by atoms with Crippen molar-refractivity contribution in [1.82, 2.24) is 4.98 Å². The number of aliphatic hydroxyl groups excluding tert-OH is 1. The molecule has 1 fully saturated rings. The van der Waals surface area contributed by atoms with Gasteiger partial charge in [-0.05, 0) is 66.6 Å². The molecule has 0 bridgehead atoms. The van der Waals surface area contributed by atoms with Crippen molar-refractivity contribution in [3.63, 3.8) is 0 Å². The highest BCUT2D eigenvalue weighted by atomic mass is 32.1. The maximum Gasteiger partial charge on any atom is 0.301 e. The molecule has 0 spiro atoms. The summed E-state index contributed by atoms with van der Waals surface area (Å²) in [5.41, 5.74) is 1.65. The number of benzene rings is 3. The van der Waals surface area contributed by atoms with E-state index in [-0.39, 0.29) is 11.3 Å². The van der Waals surface area contributed by atoms with Gasteiger partial charge in [-0.1, -0.05) is 43.0 Å². The Morgan fingerprint density at radius 3 is 2.38 bits per heavy atom. The van der Waals surface area contributed by atoms with Crippen molar-refractivity contribution in [1.29, 1.82) is 0 Å². The minimum Gasteiger partial charge on any atom is -0.507 e. The van der Waals surface area contributed by atoms with Gasteiger partial charge in [-0.25, -0.2) is 4.98 Å². The summed E-state index contributed by atoms with van der Waals surface area (Å²) < 4.78 is 17.4. The molecule has 5 rings (SSSR count). The van der Waals surface area contributed by atoms with Crippen molar-refractivity contribution < 1.29 is 28.9 Å². The van der Waals surface area contributed by atoms with Crippen molar-refractivity contribution in [3.8, 4) is 17.2 Å². The third-order valence-corrected chi connectivity index (χ3v) is 7.42. The number of aliphatic hydroxyl groups is 1. The molecule has 4 aromatic rings. The van der Waals surface area contributed by atoms with Gasteiger partial charge in [0.1, 0.15) is 29.6 Å². The average molecular weight is 557 g/mol. The normalized spacial score (nSPS) is 16.4. The summed E-state index contributed by atoms with van der Waals surface area (Å²) in [5, 5.41) is 11.8. The average Bonchev–Trinajstić information content (AvgIpc) is 3.52. The second kappa shape index (κ2) is 11.6. The molecule has 1 saturated heterocycles. The number of amides is 1. The molecule has 0 radical (unpaired) electrons. The topological polar surface area (TPSA) is 98.2 Å². The quantitative estimate of drug-likeness (QED) is 0.106. The number of hydrogen-bond acceptors (Lipinski definition) is 8. The summed E-state index contributed by atoms with van der Waals surface area (Å²) >= 11 is 1.27. The molecule has 8 nitrogen and oxygen atoms in total. The Labute approximate surface area is 235 Å². The van der Waals surface area contributed by atoms with Gasteiger partial charge in [0.25, 0.3) is 5.78 Å². The molecule has 9 heteroatoms. The SMILES string of the molecule is C=CCOc1ccc(C2C(=C(O)c3ccc(OCCC)cc3)C(=O)C(=O)N2c2nc3ccc(OC)cc3s2)cc1. The van der Waals surface area contributed by atoms with Crippen molar-refractivity contribution in [3.05, 3.63) is 96.1 Å². The predicted molar refractivity (Wildman–Crippen MR) is 155 cm³/mol. The van der Waals surface area contributed by atoms with Crippen LogP contribution in [0.15, 0.2) is 85.0 Å². The molecule has 1 atom stereocenters. The molecule has 1 N–H and O–H groups in total. The fourth-order valence-corrected chi connectivity index (χ4v) is 5.47. The van der Waals surface area contributed by atoms with E-state index >= 15 is 0 Å². The zero-order valence-corrected chi connectivity index (χ0v) is 22.9. The molecule has 1 aliphatic rings. The third kappa shape index (κ3) is 5.15. The van der Waals surface area contributed by atoms with Crippen LogP contribution in [0.25, 0.3) is 16.0 Å². The summed E-state index contributed by atoms with van der Waals surface area (Å²) in [4.78, 5) is 33.0. The van der Waals surface area contributed by atoms with Crippen molar-refractivity contribution >= 4 is 44.1 Å². The maximum atomic E-state index is 13.5. The second-order valence-electron chi connectivity index (χ2n) is 9.04. The van der Waals surface area contributed by atoms with Crippen molar-refractivity contribution in [2.75, 3.05) is 25.2 Å². The Morgan fingerprint density at radius 1 is 1.02 bits per heavy atom. The van der Waals surface area contributed by atoms with Gasteiger partial charge in [-0.2, -0.15) is 0 Å². The van der Waals surface area contributed by atoms with Crippen LogP contribution in [0.3, 0.4) is 0 Å². The molecular formula is C31H28N2O6S. The van der Waals surface area contributed by atoms with Crippen LogP contribution in [-0.4, -0.2) is 42.1 Å². The number of carbonyl (C=O) groups excluding carboxylic acids is 2. The van der Waals surface area contributed by atoms with E-state index in [1.54, 1.807) is 73.8 Å². The number of rotatable bonds is 10. The van der Waals surface area contributed by atoms with Crippen LogP contribution in [0.2, 0.25) is 0 Å². The minimum absolute atomic E-state index is 0.0242. The lowest BCUT2D eigenvalue weighted by Crippen LogP contribution is -2.29. The van der Waals surface area contributed by atoms with Crippen LogP contribution in [0.1, 0.15) is 30.5 Å². The first-order valence-corrected chi connectivity index (χ1v) is 13.6. The molecule has 204 valence electrons. The number of ketones is 1. The van der Waals surface area contributed by atoms with E-state index in [1.807, 2.05) is 13.0 Å². The molecule has 3 aromatic carbocycles. The van der Waals surface area contributed by atoms with Crippen LogP contribution >= 0.6 is 11.3 Å². The van der Waals surface area contributed by atoms with E-state index in [4.69, 9.17) is 14.2 Å². The fraction of sp³-hybridized carbons (Fsp3) is 0.194. The Hall–Kier alpha value is -4.63. The number of nitrogens with zero attached hydrogens (tertiary/aromatic N) is 2. The third-order valence-electron chi connectivity index (χ3n) is 6.40. The summed E-state index contributed by atoms with van der Waals surface area (Å²) in [6.45, 7) is 6.58. The van der Waals surface area contributed by atoms with E-state index in [0.29, 0.717) is 52.2 Å². The van der Waals surface area contributed by atoms with E-state index in [0.717, 1.165) is 11.1 Å². The molecule has 2 heterocycles. The number of methoxy groups -OCH3 is 1. The first kappa shape index (κ1) is 27.0. The van der Waals surface area contributed by atoms with Gasteiger partial charge in [0, 0.05) is 5.56 Å². The number of carbonyl (C=O) groups is 2. The summed E-state index contributed by atoms with van der Waals surface area (Å²) in [5.74, 6) is 0.0706. The van der Waals surface area contributed by atoms with Crippen molar-refractivity contribution in [2.45, 2.75) is 19.4 Å². The Bertz CT molecular complexity index is 1590. The predicted octanol–water partition coefficient (Wildman–Crippen LogP) is 6.28. The number of fused-ring (bicyclic) bond motifs is 1. The standard InChI is InChI=1S/C31H28N2O6S/c1-4-16-38-21-10-6-19(7-11-21)27-26(28(34)20-8-12-22(13-9-20)39-17-5-2)29(35)30(36)33(27)31-32-24-15-14-23(37-3)18-25(24)40-31/h4,6-15,18,27,34H,1,5,16-17H2,2-3H3. The van der Waals surface area contributed by atoms with E-state index in [9.17, 15) is 14.7 Å². The van der Waals surface area contributed by atoms with E-state index < -0.39 is 17.7 Å². The molecule has 1 aliphatic heterocycles. The fourth-order valence-electron chi connectivity index (χ4n) is 4.45. The highest BCUT2D eigenvalue weighted by molar-refractivity contribution is 7.22. The lowest BCUT2D eigenvalue weighted by molar-refractivity contribution is -0.132. The monoisotopic (exact) mass is 556 g/mol. The summed E-state index contributed by atoms with van der Waals surface area (Å²) in [6, 6.07) is 18.3. The zero-order valence-electron chi connectivity index (χ0n) is 22.1. The van der Waals surface area contributed by atoms with E-state index in [2.05, 4.69) is 11.6 Å². The van der Waals surface area contributed by atoms with Crippen LogP contribution in [0.4, 0.5) is 5.13 Å². The van der Waals surface area contributed by atoms with Gasteiger partial charge in [0.15, 0.2) is 5.13 Å². The van der Waals surface area contributed by atoms with Gasteiger partial charge in [-0.15, -0.1) is 0 Å². The molecule has 1 amide bonds. The molecule has 1 unspecified atom stereocenters. The molecule has 1 aromatic heterocycles. The highest BCUT2D eigenvalue weighted by Crippen LogP contribution is 2.45. The van der Waals surface area contributed by atoms with Crippen LogP contribution in [0, 0.1) is 0 Å². The number of hydrogen-bond donors (Lipinski definition) is 1. The Balaban J connectivity index is 1.62.